The number of hydrogen-bond donors (Lipinski definition) is 1. The summed E-state index contributed by atoms with van der Waals surface area (Å²) in [4.78, 5) is 24.9. The first-order chi connectivity index (χ1) is 9.82. The first-order valence-corrected chi connectivity index (χ1v) is 6.74. The van der Waals surface area contributed by atoms with E-state index < -0.39 is 23.9 Å². The molecule has 1 aromatic rings. The molecular weight excluding hydrogens is 277 g/mol. The van der Waals surface area contributed by atoms with Crippen LogP contribution in [-0.2, 0) is 14.3 Å². The van der Waals surface area contributed by atoms with Crippen LogP contribution in [-0.4, -0.2) is 40.6 Å². The maximum absolute atomic E-state index is 14.2. The van der Waals surface area contributed by atoms with Crippen LogP contribution in [0.2, 0.25) is 0 Å². The molecule has 6 heteroatoms. The number of rotatable bonds is 3. The Balaban J connectivity index is 2.56. The second-order valence-electron chi connectivity index (χ2n) is 5.43. The van der Waals surface area contributed by atoms with Crippen molar-refractivity contribution in [1.82, 2.24) is 4.90 Å². The van der Waals surface area contributed by atoms with E-state index in [4.69, 9.17) is 4.74 Å². The SMILES string of the molecule is Cc1ccc(F)c(C2C(C(=O)O)OCC(=O)N2C(C)C)c1. The molecule has 0 spiro atoms. The van der Waals surface area contributed by atoms with Crippen molar-refractivity contribution in [3.05, 3.63) is 35.1 Å². The predicted molar refractivity (Wildman–Crippen MR) is 73.2 cm³/mol. The van der Waals surface area contributed by atoms with Crippen LogP contribution in [0.1, 0.15) is 31.0 Å². The molecule has 1 aliphatic rings. The molecule has 1 heterocycles. The number of carbonyl (C=O) groups is 2. The van der Waals surface area contributed by atoms with Gasteiger partial charge in [0.05, 0.1) is 6.04 Å². The van der Waals surface area contributed by atoms with Crippen molar-refractivity contribution in [2.24, 2.45) is 0 Å². The van der Waals surface area contributed by atoms with Crippen LogP contribution in [0.3, 0.4) is 0 Å². The topological polar surface area (TPSA) is 66.8 Å². The molecule has 0 saturated carbocycles. The lowest BCUT2D eigenvalue weighted by atomic mass is 9.94. The summed E-state index contributed by atoms with van der Waals surface area (Å²) >= 11 is 0. The maximum Gasteiger partial charge on any atom is 0.335 e. The highest BCUT2D eigenvalue weighted by atomic mass is 19.1. The van der Waals surface area contributed by atoms with E-state index in [1.165, 1.54) is 11.0 Å². The van der Waals surface area contributed by atoms with E-state index in [0.717, 1.165) is 5.56 Å². The molecule has 1 aliphatic heterocycles. The smallest absolute Gasteiger partial charge is 0.335 e. The normalized spacial score (nSPS) is 22.7. The van der Waals surface area contributed by atoms with Crippen LogP contribution in [0.25, 0.3) is 0 Å². The first-order valence-electron chi connectivity index (χ1n) is 6.74. The lowest BCUT2D eigenvalue weighted by Crippen LogP contribution is -2.54. The molecule has 1 fully saturated rings. The molecule has 5 nitrogen and oxygen atoms in total. The second kappa shape index (κ2) is 5.81. The third-order valence-electron chi connectivity index (χ3n) is 3.53. The number of halogens is 1. The standard InChI is InChI=1S/C15H18FNO4/c1-8(2)17-12(18)7-21-14(15(19)20)13(17)10-6-9(3)4-5-11(10)16/h4-6,8,13-14H,7H2,1-3H3,(H,19,20). The number of carboxylic acids is 1. The molecule has 1 N–H and O–H groups in total. The zero-order valence-electron chi connectivity index (χ0n) is 12.2. The second-order valence-corrected chi connectivity index (χ2v) is 5.43. The van der Waals surface area contributed by atoms with Gasteiger partial charge in [-0.05, 0) is 26.8 Å². The molecule has 1 aromatic carbocycles. The molecule has 0 aromatic heterocycles. The van der Waals surface area contributed by atoms with E-state index in [2.05, 4.69) is 0 Å². The van der Waals surface area contributed by atoms with Gasteiger partial charge < -0.3 is 14.7 Å². The molecular formula is C15H18FNO4. The highest BCUT2D eigenvalue weighted by molar-refractivity contribution is 5.83. The van der Waals surface area contributed by atoms with E-state index in [9.17, 15) is 19.1 Å². The molecule has 2 rings (SSSR count). The Kier molecular flexibility index (Phi) is 4.27. The summed E-state index contributed by atoms with van der Waals surface area (Å²) in [6, 6.07) is 3.21. The zero-order valence-corrected chi connectivity index (χ0v) is 12.2. The number of nitrogens with zero attached hydrogens (tertiary/aromatic N) is 1. The molecule has 0 radical (unpaired) electrons. The molecule has 2 unspecified atom stereocenters. The number of morpholine rings is 1. The van der Waals surface area contributed by atoms with Gasteiger partial charge in [-0.2, -0.15) is 0 Å². The monoisotopic (exact) mass is 295 g/mol. The summed E-state index contributed by atoms with van der Waals surface area (Å²) in [7, 11) is 0. The largest absolute Gasteiger partial charge is 0.479 e. The van der Waals surface area contributed by atoms with Crippen LogP contribution in [0.5, 0.6) is 0 Å². The Bertz CT molecular complexity index is 573. The van der Waals surface area contributed by atoms with Gasteiger partial charge in [0.15, 0.2) is 6.10 Å². The molecule has 1 saturated heterocycles. The Labute approximate surface area is 122 Å². The van der Waals surface area contributed by atoms with Gasteiger partial charge in [-0.15, -0.1) is 0 Å². The van der Waals surface area contributed by atoms with Gasteiger partial charge in [0.25, 0.3) is 0 Å². The van der Waals surface area contributed by atoms with Gasteiger partial charge in [-0.3, -0.25) is 4.79 Å². The first kappa shape index (κ1) is 15.4. The Hall–Kier alpha value is -1.95. The predicted octanol–water partition coefficient (Wildman–Crippen LogP) is 1.90. The van der Waals surface area contributed by atoms with Crippen LogP contribution in [0, 0.1) is 12.7 Å². The van der Waals surface area contributed by atoms with Crippen molar-refractivity contribution in [3.8, 4) is 0 Å². The average Bonchev–Trinajstić information content (AvgIpc) is 2.40. The molecule has 1 amide bonds. The van der Waals surface area contributed by atoms with Gasteiger partial charge in [0.1, 0.15) is 12.4 Å². The minimum atomic E-state index is -1.28. The third-order valence-corrected chi connectivity index (χ3v) is 3.53. The number of hydrogen-bond acceptors (Lipinski definition) is 3. The summed E-state index contributed by atoms with van der Waals surface area (Å²) in [5, 5.41) is 9.33. The number of aryl methyl sites for hydroxylation is 1. The summed E-state index contributed by atoms with van der Waals surface area (Å²) in [5.41, 5.74) is 0.960. The fourth-order valence-electron chi connectivity index (χ4n) is 2.65. The van der Waals surface area contributed by atoms with Crippen molar-refractivity contribution in [1.29, 1.82) is 0 Å². The number of amides is 1. The minimum Gasteiger partial charge on any atom is -0.479 e. The van der Waals surface area contributed by atoms with Crippen molar-refractivity contribution >= 4 is 11.9 Å². The van der Waals surface area contributed by atoms with Crippen molar-refractivity contribution in [3.63, 3.8) is 0 Å². The number of carbonyl (C=O) groups excluding carboxylic acids is 1. The lowest BCUT2D eigenvalue weighted by Gasteiger charge is -2.42. The summed E-state index contributed by atoms with van der Waals surface area (Å²) in [6.07, 6.45) is -1.28. The van der Waals surface area contributed by atoms with E-state index >= 15 is 0 Å². The van der Waals surface area contributed by atoms with E-state index in [1.54, 1.807) is 32.9 Å². The Morgan fingerprint density at radius 3 is 2.71 bits per heavy atom. The third kappa shape index (κ3) is 2.90. The Morgan fingerprint density at radius 1 is 1.48 bits per heavy atom. The molecule has 21 heavy (non-hydrogen) atoms. The van der Waals surface area contributed by atoms with Gasteiger partial charge in [-0.1, -0.05) is 17.7 Å². The van der Waals surface area contributed by atoms with Crippen LogP contribution < -0.4 is 0 Å². The number of aliphatic carboxylic acids is 1. The quantitative estimate of drug-likeness (QED) is 0.925. The van der Waals surface area contributed by atoms with Gasteiger partial charge in [0.2, 0.25) is 5.91 Å². The van der Waals surface area contributed by atoms with Crippen LogP contribution in [0.15, 0.2) is 18.2 Å². The number of ether oxygens (including phenoxy) is 1. The Morgan fingerprint density at radius 2 is 2.14 bits per heavy atom. The summed E-state index contributed by atoms with van der Waals surface area (Å²) < 4.78 is 19.3. The highest BCUT2D eigenvalue weighted by Crippen LogP contribution is 2.34. The molecule has 0 bridgehead atoms. The average molecular weight is 295 g/mol. The molecule has 2 atom stereocenters. The van der Waals surface area contributed by atoms with E-state index in [1.807, 2.05) is 0 Å². The molecule has 114 valence electrons. The summed E-state index contributed by atoms with van der Waals surface area (Å²) in [6.45, 7) is 5.01. The lowest BCUT2D eigenvalue weighted by molar-refractivity contribution is -0.175. The van der Waals surface area contributed by atoms with Crippen LogP contribution >= 0.6 is 0 Å². The fourth-order valence-corrected chi connectivity index (χ4v) is 2.65. The number of carboxylic acid groups (broad SMARTS) is 1. The molecule has 0 aliphatic carbocycles. The van der Waals surface area contributed by atoms with Crippen molar-refractivity contribution < 1.29 is 23.8 Å². The highest BCUT2D eigenvalue weighted by Gasteiger charge is 2.44. The van der Waals surface area contributed by atoms with Gasteiger partial charge in [-0.25, -0.2) is 9.18 Å². The van der Waals surface area contributed by atoms with Crippen molar-refractivity contribution in [2.45, 2.75) is 39.0 Å². The van der Waals surface area contributed by atoms with Crippen LogP contribution in [0.4, 0.5) is 4.39 Å². The van der Waals surface area contributed by atoms with Gasteiger partial charge in [0, 0.05) is 11.6 Å². The zero-order chi connectivity index (χ0) is 15.7. The van der Waals surface area contributed by atoms with Gasteiger partial charge >= 0.3 is 5.97 Å². The number of benzene rings is 1. The minimum absolute atomic E-state index is 0.171. The fraction of sp³-hybridized carbons (Fsp3) is 0.467. The van der Waals surface area contributed by atoms with E-state index in [-0.39, 0.29) is 24.1 Å². The van der Waals surface area contributed by atoms with Crippen molar-refractivity contribution in [2.75, 3.05) is 6.61 Å². The van der Waals surface area contributed by atoms with E-state index in [0.29, 0.717) is 0 Å². The summed E-state index contributed by atoms with van der Waals surface area (Å²) in [5.74, 6) is -2.09. The maximum atomic E-state index is 14.2.